The number of aromatic nitrogens is 2. The van der Waals surface area contributed by atoms with Gasteiger partial charge in [-0.1, -0.05) is 109 Å². The Morgan fingerprint density at radius 3 is 1.85 bits per heavy atom. The molecule has 7 rings (SSSR count). The highest BCUT2D eigenvalue weighted by Crippen LogP contribution is 2.44. The molecule has 0 unspecified atom stereocenters. The van der Waals surface area contributed by atoms with Crippen LogP contribution in [0.3, 0.4) is 0 Å². The van der Waals surface area contributed by atoms with Gasteiger partial charge in [0.25, 0.3) is 0 Å². The summed E-state index contributed by atoms with van der Waals surface area (Å²) in [5, 5.41) is 18.9. The SMILES string of the molecule is CC(C)(C)OC(=O)N1CCCCC1.O=CNc1nn(C(c2ccccc2)(c2ccccc2)c2ccccc2)c2ccc(-c3ccc(O)cc3Cl)cc12. The van der Waals surface area contributed by atoms with E-state index in [0.29, 0.717) is 17.3 Å². The van der Waals surface area contributed by atoms with Crippen LogP contribution in [0, 0.1) is 0 Å². The fourth-order valence-electron chi connectivity index (χ4n) is 6.75. The van der Waals surface area contributed by atoms with Gasteiger partial charge in [0.15, 0.2) is 5.82 Å². The Labute approximate surface area is 309 Å². The van der Waals surface area contributed by atoms with Gasteiger partial charge in [-0.3, -0.25) is 4.79 Å². The van der Waals surface area contributed by atoms with Crippen molar-refractivity contribution in [2.75, 3.05) is 18.4 Å². The molecule has 1 aromatic heterocycles. The Morgan fingerprint density at radius 2 is 1.35 bits per heavy atom. The second-order valence-electron chi connectivity index (χ2n) is 13.8. The molecule has 0 saturated carbocycles. The Morgan fingerprint density at radius 1 is 0.788 bits per heavy atom. The minimum atomic E-state index is -0.845. The topological polar surface area (TPSA) is 96.7 Å². The molecule has 0 bridgehead atoms. The summed E-state index contributed by atoms with van der Waals surface area (Å²) in [7, 11) is 0. The molecule has 266 valence electrons. The lowest BCUT2D eigenvalue weighted by atomic mass is 9.77. The number of carbonyl (C=O) groups excluding carboxylic acids is 2. The second-order valence-corrected chi connectivity index (χ2v) is 14.2. The number of phenols is 1. The quantitative estimate of drug-likeness (QED) is 0.127. The number of benzene rings is 5. The van der Waals surface area contributed by atoms with Crippen molar-refractivity contribution in [3.8, 4) is 16.9 Å². The van der Waals surface area contributed by atoms with Gasteiger partial charge in [-0.2, -0.15) is 5.10 Å². The number of phenolic OH excluding ortho intramolecular Hbond substituents is 1. The van der Waals surface area contributed by atoms with Gasteiger partial charge in [-0.25, -0.2) is 9.48 Å². The lowest BCUT2D eigenvalue weighted by molar-refractivity contribution is -0.105. The first-order valence-corrected chi connectivity index (χ1v) is 17.9. The third-order valence-electron chi connectivity index (χ3n) is 9.04. The number of carbonyl (C=O) groups is 2. The Bertz CT molecular complexity index is 2030. The monoisotopic (exact) mass is 714 g/mol. The second kappa shape index (κ2) is 15.7. The molecule has 1 fully saturated rings. The molecule has 0 spiro atoms. The van der Waals surface area contributed by atoms with Crippen molar-refractivity contribution in [2.24, 2.45) is 0 Å². The number of nitrogens with one attached hydrogen (secondary N) is 1. The zero-order chi connectivity index (χ0) is 36.7. The zero-order valence-corrected chi connectivity index (χ0v) is 30.4. The molecule has 2 heterocycles. The number of anilines is 1. The maximum atomic E-state index is 11.7. The molecule has 1 aliphatic heterocycles. The molecule has 0 radical (unpaired) electrons. The fraction of sp³-hybridized carbons (Fsp3) is 0.233. The van der Waals surface area contributed by atoms with E-state index in [-0.39, 0.29) is 17.4 Å². The molecular formula is C43H43ClN4O4. The Hall–Kier alpha value is -5.60. The first kappa shape index (κ1) is 36.2. The van der Waals surface area contributed by atoms with Gasteiger partial charge >= 0.3 is 6.09 Å². The van der Waals surface area contributed by atoms with Crippen molar-refractivity contribution >= 4 is 40.8 Å². The van der Waals surface area contributed by atoms with Crippen molar-refractivity contribution in [3.63, 3.8) is 0 Å². The lowest BCUT2D eigenvalue weighted by Gasteiger charge is -2.37. The highest BCUT2D eigenvalue weighted by molar-refractivity contribution is 6.33. The highest BCUT2D eigenvalue weighted by atomic mass is 35.5. The maximum Gasteiger partial charge on any atom is 0.410 e. The minimum absolute atomic E-state index is 0.0966. The Kier molecular flexibility index (Phi) is 11.0. The summed E-state index contributed by atoms with van der Waals surface area (Å²) in [6.45, 7) is 7.41. The van der Waals surface area contributed by atoms with Crippen molar-refractivity contribution in [2.45, 2.75) is 51.2 Å². The Balaban J connectivity index is 0.000000303. The predicted octanol–water partition coefficient (Wildman–Crippen LogP) is 9.88. The fourth-order valence-corrected chi connectivity index (χ4v) is 7.03. The van der Waals surface area contributed by atoms with Crippen LogP contribution in [-0.4, -0.2) is 51.0 Å². The molecule has 52 heavy (non-hydrogen) atoms. The van der Waals surface area contributed by atoms with E-state index < -0.39 is 5.54 Å². The first-order valence-electron chi connectivity index (χ1n) is 17.5. The summed E-state index contributed by atoms with van der Waals surface area (Å²) in [6, 6.07) is 41.6. The molecule has 1 aliphatic rings. The van der Waals surface area contributed by atoms with Crippen molar-refractivity contribution in [1.82, 2.24) is 14.7 Å². The number of halogens is 1. The van der Waals surface area contributed by atoms with Gasteiger partial charge < -0.3 is 20.1 Å². The molecule has 0 atom stereocenters. The lowest BCUT2D eigenvalue weighted by Crippen LogP contribution is -2.39. The summed E-state index contributed by atoms with van der Waals surface area (Å²) in [6.07, 6.45) is 3.94. The molecule has 5 aromatic carbocycles. The van der Waals surface area contributed by atoms with E-state index in [4.69, 9.17) is 21.4 Å². The maximum absolute atomic E-state index is 11.7. The number of likely N-dealkylation sites (tertiary alicyclic amines) is 1. The van der Waals surface area contributed by atoms with Crippen molar-refractivity contribution < 1.29 is 19.4 Å². The molecule has 0 aliphatic carbocycles. The van der Waals surface area contributed by atoms with Crippen LogP contribution in [0.4, 0.5) is 10.6 Å². The number of amides is 2. The summed E-state index contributed by atoms with van der Waals surface area (Å²) in [5.41, 5.74) is 4.29. The van der Waals surface area contributed by atoms with Gasteiger partial charge in [0.1, 0.15) is 16.9 Å². The number of fused-ring (bicyclic) bond motifs is 1. The number of hydrogen-bond donors (Lipinski definition) is 2. The number of rotatable bonds is 7. The van der Waals surface area contributed by atoms with E-state index in [1.807, 2.05) is 98.2 Å². The predicted molar refractivity (Wildman–Crippen MR) is 208 cm³/mol. The summed E-state index contributed by atoms with van der Waals surface area (Å²) >= 11 is 6.48. The number of nitrogens with zero attached hydrogens (tertiary/aromatic N) is 3. The molecule has 1 saturated heterocycles. The molecule has 6 aromatic rings. The van der Waals surface area contributed by atoms with Crippen LogP contribution in [0.1, 0.15) is 56.7 Å². The molecule has 2 N–H and O–H groups in total. The minimum Gasteiger partial charge on any atom is -0.508 e. The summed E-state index contributed by atoms with van der Waals surface area (Å²) in [5.74, 6) is 0.531. The van der Waals surface area contributed by atoms with E-state index >= 15 is 0 Å². The molecule has 8 nitrogen and oxygen atoms in total. The number of ether oxygens (including phenoxy) is 1. The standard InChI is InChI=1S/C33H24ClN3O2.C10H19NO2/c34-30-21-27(39)17-18-28(30)23-16-19-31-29(20-23)32(35-22-38)36-37(31)33(24-10-4-1-5-11-24,25-12-6-2-7-13-25)26-14-8-3-9-15-26;1-10(2,3)13-9(12)11-7-5-4-6-8-11/h1-22,39H,(H,35,36,38);4-8H2,1-3H3. The van der Waals surface area contributed by atoms with Crippen LogP contribution in [0.25, 0.3) is 22.0 Å². The largest absolute Gasteiger partial charge is 0.508 e. The van der Waals surface area contributed by atoms with E-state index in [2.05, 4.69) is 41.7 Å². The molecule has 2 amide bonds. The smallest absolute Gasteiger partial charge is 0.410 e. The van der Waals surface area contributed by atoms with Crippen LogP contribution in [0.5, 0.6) is 5.75 Å². The van der Waals surface area contributed by atoms with Gasteiger partial charge in [-0.05, 0) is 92.6 Å². The number of aromatic hydroxyl groups is 1. The van der Waals surface area contributed by atoms with E-state index in [1.54, 1.807) is 17.0 Å². The van der Waals surface area contributed by atoms with Crippen LogP contribution in [0.2, 0.25) is 5.02 Å². The van der Waals surface area contributed by atoms with Gasteiger partial charge in [-0.15, -0.1) is 0 Å². The van der Waals surface area contributed by atoms with Gasteiger partial charge in [0.2, 0.25) is 6.41 Å². The van der Waals surface area contributed by atoms with Crippen LogP contribution >= 0.6 is 11.6 Å². The zero-order valence-electron chi connectivity index (χ0n) is 29.6. The van der Waals surface area contributed by atoms with E-state index in [0.717, 1.165) is 64.7 Å². The highest BCUT2D eigenvalue weighted by Gasteiger charge is 2.41. The van der Waals surface area contributed by atoms with E-state index in [9.17, 15) is 14.7 Å². The first-order chi connectivity index (χ1) is 25.1. The number of piperidine rings is 1. The summed E-state index contributed by atoms with van der Waals surface area (Å²) in [4.78, 5) is 25.0. The summed E-state index contributed by atoms with van der Waals surface area (Å²) < 4.78 is 7.26. The average Bonchev–Trinajstić information content (AvgIpc) is 3.51. The number of hydrogen-bond acceptors (Lipinski definition) is 5. The van der Waals surface area contributed by atoms with Crippen molar-refractivity contribution in [3.05, 3.63) is 149 Å². The average molecular weight is 715 g/mol. The van der Waals surface area contributed by atoms with Crippen LogP contribution in [0.15, 0.2) is 127 Å². The third kappa shape index (κ3) is 7.67. The van der Waals surface area contributed by atoms with Crippen LogP contribution < -0.4 is 5.32 Å². The normalized spacial score (nSPS) is 13.2. The third-order valence-corrected chi connectivity index (χ3v) is 9.35. The molecule has 9 heteroatoms. The van der Waals surface area contributed by atoms with Crippen molar-refractivity contribution in [1.29, 1.82) is 0 Å². The van der Waals surface area contributed by atoms with Crippen LogP contribution in [-0.2, 0) is 15.1 Å². The van der Waals surface area contributed by atoms with E-state index in [1.165, 1.54) is 12.5 Å². The molecular weight excluding hydrogens is 672 g/mol. The van der Waals surface area contributed by atoms with Gasteiger partial charge in [0.05, 0.1) is 10.5 Å². The van der Waals surface area contributed by atoms with Gasteiger partial charge in [0, 0.05) is 24.0 Å².